The van der Waals surface area contributed by atoms with Gasteiger partial charge in [-0.25, -0.2) is 0 Å². The van der Waals surface area contributed by atoms with E-state index < -0.39 is 0 Å². The molecule has 2 aromatic carbocycles. The number of nitrogens with one attached hydrogen (secondary N) is 1. The molecule has 0 saturated heterocycles. The third kappa shape index (κ3) is 2.50. The van der Waals surface area contributed by atoms with E-state index in [1.54, 1.807) is 6.20 Å². The molecule has 0 fully saturated rings. The lowest BCUT2D eigenvalue weighted by molar-refractivity contribution is 0.0995. The van der Waals surface area contributed by atoms with E-state index in [0.717, 1.165) is 31.8 Å². The highest BCUT2D eigenvalue weighted by Gasteiger charge is 2.22. The van der Waals surface area contributed by atoms with Crippen LogP contribution in [0.2, 0.25) is 0 Å². The number of H-pyrrole nitrogens is 1. The number of aryl methyl sites for hydroxylation is 1. The molecule has 27 heavy (non-hydrogen) atoms. The van der Waals surface area contributed by atoms with Crippen molar-refractivity contribution in [3.63, 3.8) is 0 Å². The Morgan fingerprint density at radius 1 is 1.19 bits per heavy atom. The molecule has 5 rings (SSSR count). The molecule has 1 N–H and O–H groups in total. The molecule has 0 unspecified atom stereocenters. The molecule has 0 aliphatic heterocycles. The highest BCUT2D eigenvalue weighted by Crippen LogP contribution is 2.29. The lowest BCUT2D eigenvalue weighted by Crippen LogP contribution is -2.01. The number of aromatic nitrogens is 4. The van der Waals surface area contributed by atoms with Crippen molar-refractivity contribution in [1.29, 1.82) is 0 Å². The van der Waals surface area contributed by atoms with Gasteiger partial charge in [0, 0.05) is 51.3 Å². The number of nitrogens with zero attached hydrogens (tertiary/aromatic N) is 3. The number of hydrogen-bond donors (Lipinski definition) is 1. The smallest absolute Gasteiger partial charge is 0.299 e. The number of fused-ring (bicyclic) bond motifs is 2. The Morgan fingerprint density at radius 2 is 2.04 bits per heavy atom. The first-order valence-electron chi connectivity index (χ1n) is 8.31. The molecular weight excluding hydrogens is 408 g/mol. The number of hydrogen-bond acceptors (Lipinski definition) is 4. The van der Waals surface area contributed by atoms with Crippen LogP contribution in [0.25, 0.3) is 33.2 Å². The average molecular weight is 421 g/mol. The minimum atomic E-state index is -0.286. The monoisotopic (exact) mass is 420 g/mol. The summed E-state index contributed by atoms with van der Waals surface area (Å²) in [6.07, 6.45) is 3.60. The van der Waals surface area contributed by atoms with Crippen LogP contribution in [0.4, 0.5) is 0 Å². The van der Waals surface area contributed by atoms with Crippen molar-refractivity contribution in [2.24, 2.45) is 7.05 Å². The lowest BCUT2D eigenvalue weighted by atomic mass is 10.1. The minimum Gasteiger partial charge on any atom is -0.360 e. The zero-order valence-corrected chi connectivity index (χ0v) is 15.8. The number of rotatable bonds is 3. The first-order valence-corrected chi connectivity index (χ1v) is 9.10. The van der Waals surface area contributed by atoms with Crippen molar-refractivity contribution in [2.45, 2.75) is 0 Å². The van der Waals surface area contributed by atoms with Gasteiger partial charge < -0.3 is 14.1 Å². The molecule has 0 radical (unpaired) electrons. The zero-order valence-electron chi connectivity index (χ0n) is 14.2. The van der Waals surface area contributed by atoms with Crippen molar-refractivity contribution in [3.05, 3.63) is 70.8 Å². The molecule has 0 bridgehead atoms. The summed E-state index contributed by atoms with van der Waals surface area (Å²) >= 11 is 3.47. The topological polar surface area (TPSA) is 76.7 Å². The fraction of sp³-hybridized carbons (Fsp3) is 0.0500. The highest BCUT2D eigenvalue weighted by atomic mass is 79.9. The predicted octanol–water partition coefficient (Wildman–Crippen LogP) is 4.70. The first kappa shape index (κ1) is 16.0. The maximum absolute atomic E-state index is 12.9. The van der Waals surface area contributed by atoms with Crippen LogP contribution in [0.1, 0.15) is 16.2 Å². The van der Waals surface area contributed by atoms with Gasteiger partial charge in [-0.1, -0.05) is 39.3 Å². The number of aromatic amines is 1. The fourth-order valence-corrected chi connectivity index (χ4v) is 3.70. The Hall–Kier alpha value is -3.19. The van der Waals surface area contributed by atoms with Crippen LogP contribution >= 0.6 is 15.9 Å². The molecule has 3 heterocycles. The van der Waals surface area contributed by atoms with Gasteiger partial charge in [0.1, 0.15) is 0 Å². The number of benzene rings is 2. The van der Waals surface area contributed by atoms with E-state index in [9.17, 15) is 4.79 Å². The van der Waals surface area contributed by atoms with Crippen molar-refractivity contribution in [1.82, 2.24) is 19.7 Å². The SMILES string of the molecule is Cn1cc(C(=O)c2nc(-c3c[nH]c4ccc(Br)cc34)no2)c2ccccc21. The van der Waals surface area contributed by atoms with Crippen molar-refractivity contribution in [2.75, 3.05) is 0 Å². The van der Waals surface area contributed by atoms with Crippen LogP contribution in [0.15, 0.2) is 63.9 Å². The largest absolute Gasteiger partial charge is 0.360 e. The Morgan fingerprint density at radius 3 is 2.93 bits per heavy atom. The van der Waals surface area contributed by atoms with Gasteiger partial charge in [0.15, 0.2) is 0 Å². The molecule has 0 aliphatic rings. The van der Waals surface area contributed by atoms with Gasteiger partial charge in [0.25, 0.3) is 11.7 Å². The van der Waals surface area contributed by atoms with Gasteiger partial charge in [-0.15, -0.1) is 0 Å². The van der Waals surface area contributed by atoms with E-state index in [-0.39, 0.29) is 11.7 Å². The average Bonchev–Trinajstić information content (AvgIpc) is 3.38. The molecule has 0 amide bonds. The number of carbonyl (C=O) groups is 1. The fourth-order valence-electron chi connectivity index (χ4n) is 3.34. The van der Waals surface area contributed by atoms with Crippen molar-refractivity contribution in [3.8, 4) is 11.4 Å². The summed E-state index contributed by atoms with van der Waals surface area (Å²) in [6.45, 7) is 0. The van der Waals surface area contributed by atoms with E-state index in [1.165, 1.54) is 0 Å². The Labute approximate surface area is 161 Å². The summed E-state index contributed by atoms with van der Waals surface area (Å²) in [5, 5.41) is 5.84. The summed E-state index contributed by atoms with van der Waals surface area (Å²) in [4.78, 5) is 20.5. The third-order valence-electron chi connectivity index (χ3n) is 4.65. The number of ketones is 1. The molecule has 7 heteroatoms. The summed E-state index contributed by atoms with van der Waals surface area (Å²) in [5.74, 6) is 0.0696. The molecular formula is C20H13BrN4O2. The summed E-state index contributed by atoms with van der Waals surface area (Å²) in [6, 6.07) is 13.6. The van der Waals surface area contributed by atoms with Crippen molar-refractivity contribution < 1.29 is 9.32 Å². The molecule has 3 aromatic heterocycles. The van der Waals surface area contributed by atoms with Crippen LogP contribution < -0.4 is 0 Å². The Balaban J connectivity index is 1.58. The van der Waals surface area contributed by atoms with Gasteiger partial charge in [0.2, 0.25) is 5.82 Å². The van der Waals surface area contributed by atoms with Crippen LogP contribution in [-0.4, -0.2) is 25.5 Å². The second kappa shape index (κ2) is 5.92. The summed E-state index contributed by atoms with van der Waals surface area (Å²) < 4.78 is 8.16. The van der Waals surface area contributed by atoms with Crippen LogP contribution in [-0.2, 0) is 7.05 Å². The zero-order chi connectivity index (χ0) is 18.5. The Bertz CT molecular complexity index is 1330. The van der Waals surface area contributed by atoms with Crippen LogP contribution in [0.5, 0.6) is 0 Å². The Kier molecular flexibility index (Phi) is 3.51. The maximum atomic E-state index is 12.9. The molecule has 0 atom stereocenters. The normalized spacial score (nSPS) is 11.5. The van der Waals surface area contributed by atoms with E-state index in [4.69, 9.17) is 4.52 Å². The van der Waals surface area contributed by atoms with E-state index >= 15 is 0 Å². The third-order valence-corrected chi connectivity index (χ3v) is 5.14. The maximum Gasteiger partial charge on any atom is 0.299 e. The summed E-state index contributed by atoms with van der Waals surface area (Å²) in [5.41, 5.74) is 3.26. The second-order valence-electron chi connectivity index (χ2n) is 6.32. The van der Waals surface area contributed by atoms with Gasteiger partial charge in [-0.05, 0) is 24.3 Å². The second-order valence-corrected chi connectivity index (χ2v) is 7.23. The number of para-hydroxylation sites is 1. The van der Waals surface area contributed by atoms with Crippen LogP contribution in [0, 0.1) is 0 Å². The molecule has 6 nitrogen and oxygen atoms in total. The number of halogens is 1. The lowest BCUT2D eigenvalue weighted by Gasteiger charge is -1.94. The van der Waals surface area contributed by atoms with Crippen LogP contribution in [0.3, 0.4) is 0 Å². The molecule has 0 saturated carbocycles. The van der Waals surface area contributed by atoms with Gasteiger partial charge in [-0.2, -0.15) is 4.98 Å². The standard InChI is InChI=1S/C20H13BrN4O2/c1-25-10-15(12-4-2-3-5-17(12)25)18(26)20-23-19(24-27-20)14-9-22-16-7-6-11(21)8-13(14)16/h2-10,22H,1H3. The number of carbonyl (C=O) groups excluding carboxylic acids is 1. The van der Waals surface area contributed by atoms with E-state index in [1.807, 2.05) is 60.3 Å². The molecule has 5 aromatic rings. The molecule has 132 valence electrons. The van der Waals surface area contributed by atoms with Gasteiger partial charge in [0.05, 0.1) is 5.56 Å². The van der Waals surface area contributed by atoms with Gasteiger partial charge >= 0.3 is 0 Å². The van der Waals surface area contributed by atoms with E-state index in [2.05, 4.69) is 31.1 Å². The summed E-state index contributed by atoms with van der Waals surface area (Å²) in [7, 11) is 1.90. The molecule has 0 spiro atoms. The van der Waals surface area contributed by atoms with E-state index in [0.29, 0.717) is 11.4 Å². The van der Waals surface area contributed by atoms with Crippen molar-refractivity contribution >= 4 is 43.5 Å². The highest BCUT2D eigenvalue weighted by molar-refractivity contribution is 9.10. The quantitative estimate of drug-likeness (QED) is 0.429. The predicted molar refractivity (Wildman–Crippen MR) is 106 cm³/mol. The van der Waals surface area contributed by atoms with Gasteiger partial charge in [-0.3, -0.25) is 4.79 Å². The first-order chi connectivity index (χ1) is 13.1. The molecule has 0 aliphatic carbocycles. The minimum absolute atomic E-state index is 0.0225.